The Morgan fingerprint density at radius 3 is 2.73 bits per heavy atom. The predicted molar refractivity (Wildman–Crippen MR) is 82.4 cm³/mol. The highest BCUT2D eigenvalue weighted by atomic mass is 16.5. The van der Waals surface area contributed by atoms with Gasteiger partial charge in [0.25, 0.3) is 0 Å². The van der Waals surface area contributed by atoms with Crippen LogP contribution < -0.4 is 4.74 Å². The topological polar surface area (TPSA) is 51.0 Å². The monoisotopic (exact) mass is 292 g/mol. The molecule has 0 bridgehead atoms. The van der Waals surface area contributed by atoms with Crippen molar-refractivity contribution in [3.63, 3.8) is 0 Å². The number of ketones is 1. The molecule has 2 heterocycles. The molecule has 0 saturated heterocycles. The smallest absolute Gasteiger partial charge is 0.199 e. The van der Waals surface area contributed by atoms with Gasteiger partial charge in [0, 0.05) is 6.42 Å². The van der Waals surface area contributed by atoms with Gasteiger partial charge in [0.15, 0.2) is 11.3 Å². The molecule has 4 rings (SSSR count). The molecule has 22 heavy (non-hydrogen) atoms. The van der Waals surface area contributed by atoms with Crippen molar-refractivity contribution in [2.45, 2.75) is 24.9 Å². The fraction of sp³-hybridized carbons (Fsp3) is 0.278. The molecule has 110 valence electrons. The molecule has 1 spiro atoms. The lowest BCUT2D eigenvalue weighted by molar-refractivity contribution is 0.0778. The lowest BCUT2D eigenvalue weighted by atomic mass is 9.82. The Labute approximate surface area is 128 Å². The molecule has 0 fully saturated rings. The average molecular weight is 292 g/mol. The second kappa shape index (κ2) is 4.77. The second-order valence-electron chi connectivity index (χ2n) is 5.99. The summed E-state index contributed by atoms with van der Waals surface area (Å²) < 4.78 is 5.76. The number of carbonyl (C=O) groups excluding carboxylic acids is 1. The van der Waals surface area contributed by atoms with Crippen LogP contribution in [0, 0.1) is 6.92 Å². The minimum atomic E-state index is -0.857. The van der Waals surface area contributed by atoms with Crippen LogP contribution in [-0.2, 0) is 0 Å². The molecular formula is C18H16N2O2. The molecule has 4 heteroatoms. The third-order valence-corrected chi connectivity index (χ3v) is 4.40. The highest BCUT2D eigenvalue weighted by molar-refractivity contribution is 6.06. The van der Waals surface area contributed by atoms with Crippen molar-refractivity contribution >= 4 is 5.78 Å². The Kier molecular flexibility index (Phi) is 2.86. The van der Waals surface area contributed by atoms with E-state index in [2.05, 4.69) is 41.4 Å². The van der Waals surface area contributed by atoms with Crippen LogP contribution in [0.15, 0.2) is 58.8 Å². The standard InChI is InChI=1S/C18H16N2O2/c1-12-6-8-13(9-7-12)15-10-18(20-19-15)11-22-16-5-3-2-4-14(16)17(18)21/h2-9,15H,10-11H2,1H3/t15-,18+/m1/s1. The lowest BCUT2D eigenvalue weighted by Gasteiger charge is -2.29. The molecule has 2 aromatic rings. The van der Waals surface area contributed by atoms with Crippen molar-refractivity contribution in [1.82, 2.24) is 0 Å². The molecule has 0 aliphatic carbocycles. The summed E-state index contributed by atoms with van der Waals surface area (Å²) in [5, 5.41) is 8.70. The van der Waals surface area contributed by atoms with Crippen molar-refractivity contribution in [3.8, 4) is 5.75 Å². The third kappa shape index (κ3) is 1.95. The number of benzene rings is 2. The van der Waals surface area contributed by atoms with Crippen LogP contribution in [0.1, 0.15) is 33.9 Å². The van der Waals surface area contributed by atoms with Crippen molar-refractivity contribution in [1.29, 1.82) is 0 Å². The number of ether oxygens (including phenoxy) is 1. The number of rotatable bonds is 1. The van der Waals surface area contributed by atoms with E-state index in [1.54, 1.807) is 6.07 Å². The normalized spacial score (nSPS) is 26.0. The first-order chi connectivity index (χ1) is 10.7. The molecule has 2 aromatic carbocycles. The van der Waals surface area contributed by atoms with Crippen molar-refractivity contribution in [2.75, 3.05) is 6.61 Å². The van der Waals surface area contributed by atoms with Crippen LogP contribution in [0.5, 0.6) is 5.75 Å². The number of azo groups is 1. The van der Waals surface area contributed by atoms with Crippen LogP contribution in [0.3, 0.4) is 0 Å². The highest BCUT2D eigenvalue weighted by Gasteiger charge is 2.49. The number of hydrogen-bond donors (Lipinski definition) is 0. The first-order valence-electron chi connectivity index (χ1n) is 7.43. The maximum Gasteiger partial charge on any atom is 0.199 e. The van der Waals surface area contributed by atoms with Gasteiger partial charge in [0.1, 0.15) is 12.4 Å². The van der Waals surface area contributed by atoms with Crippen molar-refractivity contribution in [3.05, 3.63) is 65.2 Å². The number of nitrogens with zero attached hydrogens (tertiary/aromatic N) is 2. The van der Waals surface area contributed by atoms with Crippen LogP contribution in [0.25, 0.3) is 0 Å². The first-order valence-corrected chi connectivity index (χ1v) is 7.43. The second-order valence-corrected chi connectivity index (χ2v) is 5.99. The lowest BCUT2D eigenvalue weighted by Crippen LogP contribution is -2.44. The summed E-state index contributed by atoms with van der Waals surface area (Å²) in [6.45, 7) is 2.32. The maximum atomic E-state index is 12.8. The summed E-state index contributed by atoms with van der Waals surface area (Å²) in [6, 6.07) is 15.5. The Hall–Kier alpha value is -2.49. The molecule has 0 aromatic heterocycles. The number of carbonyl (C=O) groups is 1. The number of aryl methyl sites for hydroxylation is 1. The van der Waals surface area contributed by atoms with Gasteiger partial charge in [-0.2, -0.15) is 10.2 Å². The van der Waals surface area contributed by atoms with Gasteiger partial charge >= 0.3 is 0 Å². The minimum absolute atomic E-state index is 0.0210. The van der Waals surface area contributed by atoms with Crippen LogP contribution in [0.4, 0.5) is 0 Å². The van der Waals surface area contributed by atoms with Gasteiger partial charge in [0.05, 0.1) is 11.6 Å². The van der Waals surface area contributed by atoms with E-state index >= 15 is 0 Å². The number of fused-ring (bicyclic) bond motifs is 1. The predicted octanol–water partition coefficient (Wildman–Crippen LogP) is 3.91. The number of hydrogen-bond acceptors (Lipinski definition) is 4. The van der Waals surface area contributed by atoms with Gasteiger partial charge < -0.3 is 4.74 Å². The van der Waals surface area contributed by atoms with E-state index in [0.29, 0.717) is 17.7 Å². The molecule has 0 radical (unpaired) electrons. The molecule has 0 saturated carbocycles. The van der Waals surface area contributed by atoms with E-state index in [1.807, 2.05) is 18.2 Å². The maximum absolute atomic E-state index is 12.8. The molecule has 2 aliphatic rings. The summed E-state index contributed by atoms with van der Waals surface area (Å²) in [7, 11) is 0. The van der Waals surface area contributed by atoms with Crippen LogP contribution >= 0.6 is 0 Å². The Balaban J connectivity index is 1.64. The Bertz CT molecular complexity index is 767. The first kappa shape index (κ1) is 13.2. The van der Waals surface area contributed by atoms with E-state index in [-0.39, 0.29) is 18.4 Å². The average Bonchev–Trinajstić information content (AvgIpc) is 2.98. The van der Waals surface area contributed by atoms with Crippen LogP contribution in [-0.4, -0.2) is 17.9 Å². The zero-order chi connectivity index (χ0) is 15.2. The van der Waals surface area contributed by atoms with E-state index < -0.39 is 5.54 Å². The Morgan fingerprint density at radius 1 is 1.14 bits per heavy atom. The van der Waals surface area contributed by atoms with Gasteiger partial charge in [-0.25, -0.2) is 0 Å². The van der Waals surface area contributed by atoms with Crippen molar-refractivity contribution < 1.29 is 9.53 Å². The summed E-state index contributed by atoms with van der Waals surface area (Å²) in [5.74, 6) is 0.667. The molecule has 2 atom stereocenters. The molecule has 4 nitrogen and oxygen atoms in total. The molecule has 0 unspecified atom stereocenters. The van der Waals surface area contributed by atoms with Gasteiger partial charge in [0.2, 0.25) is 0 Å². The summed E-state index contributed by atoms with van der Waals surface area (Å²) >= 11 is 0. The highest BCUT2D eigenvalue weighted by Crippen LogP contribution is 2.43. The number of Topliss-reactive ketones (excluding diaryl/α,β-unsaturated/α-hetero) is 1. The summed E-state index contributed by atoms with van der Waals surface area (Å²) in [5.41, 5.74) is 2.05. The SMILES string of the molecule is Cc1ccc([C@H]2C[C@@]3(COc4ccccc4C3=O)N=N2)cc1. The fourth-order valence-corrected chi connectivity index (χ4v) is 3.07. The zero-order valence-electron chi connectivity index (χ0n) is 12.3. The zero-order valence-corrected chi connectivity index (χ0v) is 12.3. The van der Waals surface area contributed by atoms with Gasteiger partial charge in [-0.1, -0.05) is 42.0 Å². The summed E-state index contributed by atoms with van der Waals surface area (Å²) in [4.78, 5) is 12.8. The van der Waals surface area contributed by atoms with Gasteiger partial charge in [-0.05, 0) is 24.6 Å². The van der Waals surface area contributed by atoms with Gasteiger partial charge in [-0.15, -0.1) is 0 Å². The third-order valence-electron chi connectivity index (χ3n) is 4.40. The van der Waals surface area contributed by atoms with E-state index in [1.165, 1.54) is 5.56 Å². The molecular weight excluding hydrogens is 276 g/mol. The van der Waals surface area contributed by atoms with Crippen molar-refractivity contribution in [2.24, 2.45) is 10.2 Å². The molecule has 2 aliphatic heterocycles. The minimum Gasteiger partial charge on any atom is -0.490 e. The van der Waals surface area contributed by atoms with Gasteiger partial charge in [-0.3, -0.25) is 4.79 Å². The van der Waals surface area contributed by atoms with Crippen LogP contribution in [0.2, 0.25) is 0 Å². The fourth-order valence-electron chi connectivity index (χ4n) is 3.07. The Morgan fingerprint density at radius 2 is 1.91 bits per heavy atom. The van der Waals surface area contributed by atoms with E-state index in [9.17, 15) is 4.79 Å². The largest absolute Gasteiger partial charge is 0.490 e. The quantitative estimate of drug-likeness (QED) is 0.800. The number of para-hydroxylation sites is 1. The molecule has 0 N–H and O–H groups in total. The molecule has 0 amide bonds. The van der Waals surface area contributed by atoms with E-state index in [4.69, 9.17) is 4.74 Å². The van der Waals surface area contributed by atoms with E-state index in [0.717, 1.165) is 5.56 Å². The summed E-state index contributed by atoms with van der Waals surface area (Å²) in [6.07, 6.45) is 0.573.